The number of aliphatic hydroxyl groups is 1. The molecule has 0 saturated carbocycles. The molecular weight excluding hydrogens is 353 g/mol. The zero-order valence-electron chi connectivity index (χ0n) is 12.9. The molecule has 0 amide bonds. The minimum Gasteiger partial charge on any atom is -0.394 e. The molecule has 0 saturated heterocycles. The highest BCUT2D eigenvalue weighted by atomic mass is 32.2. The smallest absolute Gasteiger partial charge is 0.394 e. The Labute approximate surface area is 136 Å². The fourth-order valence-corrected chi connectivity index (χ4v) is 2.83. The maximum atomic E-state index is 12.6. The Kier molecular flexibility index (Phi) is 6.17. The summed E-state index contributed by atoms with van der Waals surface area (Å²) >= 11 is 0. The summed E-state index contributed by atoms with van der Waals surface area (Å²) < 4.78 is 60.4. The Morgan fingerprint density at radius 1 is 1.33 bits per heavy atom. The first-order chi connectivity index (χ1) is 10.9. The topological polar surface area (TPSA) is 110 Å². The average Bonchev–Trinajstić information content (AvgIpc) is 2.44. The van der Waals surface area contributed by atoms with Gasteiger partial charge in [-0.05, 0) is 24.5 Å². The second-order valence-corrected chi connectivity index (χ2v) is 7.48. The van der Waals surface area contributed by atoms with Crippen molar-refractivity contribution in [3.05, 3.63) is 28.3 Å². The molecule has 0 spiro atoms. The van der Waals surface area contributed by atoms with E-state index in [0.29, 0.717) is 18.6 Å². The van der Waals surface area contributed by atoms with Crippen molar-refractivity contribution in [1.29, 1.82) is 0 Å². The molecule has 1 rings (SSSR count). The lowest BCUT2D eigenvalue weighted by molar-refractivity contribution is -0.384. The number of benzene rings is 1. The summed E-state index contributed by atoms with van der Waals surface area (Å²) in [6, 6.07) is 1.32. The molecule has 1 unspecified atom stereocenters. The SMILES string of the molecule is CC(C)CC(CO)Nc1ccc(S(=O)(=O)C(F)(F)F)cc1[N+](=O)[O-]. The van der Waals surface area contributed by atoms with E-state index in [1.807, 2.05) is 13.8 Å². The minimum atomic E-state index is -5.68. The molecule has 136 valence electrons. The van der Waals surface area contributed by atoms with E-state index >= 15 is 0 Å². The third-order valence-electron chi connectivity index (χ3n) is 3.12. The van der Waals surface area contributed by atoms with Crippen LogP contribution in [0, 0.1) is 16.0 Å². The Morgan fingerprint density at radius 3 is 2.33 bits per heavy atom. The molecule has 0 aliphatic rings. The van der Waals surface area contributed by atoms with Crippen molar-refractivity contribution in [2.75, 3.05) is 11.9 Å². The maximum absolute atomic E-state index is 12.6. The summed E-state index contributed by atoms with van der Waals surface area (Å²) in [6.07, 6.45) is 0.455. The quantitative estimate of drug-likeness (QED) is 0.564. The number of nitrogens with zero attached hydrogens (tertiary/aromatic N) is 1. The van der Waals surface area contributed by atoms with E-state index in [1.54, 1.807) is 0 Å². The molecule has 2 N–H and O–H groups in total. The van der Waals surface area contributed by atoms with E-state index in [-0.39, 0.29) is 18.2 Å². The molecule has 11 heteroatoms. The van der Waals surface area contributed by atoms with Gasteiger partial charge in [-0.1, -0.05) is 13.8 Å². The average molecular weight is 370 g/mol. The van der Waals surface area contributed by atoms with Gasteiger partial charge in [-0.3, -0.25) is 10.1 Å². The van der Waals surface area contributed by atoms with E-state index < -0.39 is 36.9 Å². The number of aliphatic hydroxyl groups excluding tert-OH is 1. The number of sulfone groups is 1. The lowest BCUT2D eigenvalue weighted by atomic mass is 10.0. The maximum Gasteiger partial charge on any atom is 0.501 e. The van der Waals surface area contributed by atoms with Crippen molar-refractivity contribution in [2.45, 2.75) is 36.7 Å². The highest BCUT2D eigenvalue weighted by Crippen LogP contribution is 2.35. The van der Waals surface area contributed by atoms with Crippen molar-refractivity contribution in [3.63, 3.8) is 0 Å². The first-order valence-corrected chi connectivity index (χ1v) is 8.35. The zero-order chi connectivity index (χ0) is 18.7. The van der Waals surface area contributed by atoms with Gasteiger partial charge in [-0.2, -0.15) is 13.2 Å². The summed E-state index contributed by atoms with van der Waals surface area (Å²) in [5.74, 6) is 0.151. The van der Waals surface area contributed by atoms with Gasteiger partial charge in [0.05, 0.1) is 16.4 Å². The van der Waals surface area contributed by atoms with Crippen LogP contribution in [0.25, 0.3) is 0 Å². The number of alkyl halides is 3. The molecule has 0 aliphatic carbocycles. The fourth-order valence-electron chi connectivity index (χ4n) is 2.05. The predicted molar refractivity (Wildman–Crippen MR) is 80.3 cm³/mol. The Morgan fingerprint density at radius 2 is 1.92 bits per heavy atom. The number of halogens is 3. The largest absolute Gasteiger partial charge is 0.501 e. The summed E-state index contributed by atoms with van der Waals surface area (Å²) in [5, 5.41) is 23.0. The number of nitrogens with one attached hydrogen (secondary N) is 1. The molecule has 7 nitrogen and oxygen atoms in total. The van der Waals surface area contributed by atoms with Gasteiger partial charge in [0.15, 0.2) is 0 Å². The Balaban J connectivity index is 3.29. The normalized spacial score (nSPS) is 13.8. The van der Waals surface area contributed by atoms with Crippen LogP contribution in [0.1, 0.15) is 20.3 Å². The molecule has 0 aromatic heterocycles. The lowest BCUT2D eigenvalue weighted by Crippen LogP contribution is -2.26. The van der Waals surface area contributed by atoms with Crippen LogP contribution in [0.2, 0.25) is 0 Å². The van der Waals surface area contributed by atoms with Crippen LogP contribution in [0.15, 0.2) is 23.1 Å². The molecule has 24 heavy (non-hydrogen) atoms. The molecular formula is C13H17F3N2O5S. The summed E-state index contributed by atoms with van der Waals surface area (Å²) in [6.45, 7) is 3.37. The van der Waals surface area contributed by atoms with E-state index in [1.165, 1.54) is 0 Å². The molecule has 0 aliphatic heterocycles. The van der Waals surface area contributed by atoms with Crippen LogP contribution in [0.4, 0.5) is 24.5 Å². The van der Waals surface area contributed by atoms with Gasteiger partial charge in [-0.25, -0.2) is 8.42 Å². The first kappa shape index (κ1) is 20.2. The number of nitro groups is 1. The third kappa shape index (κ3) is 4.57. The predicted octanol–water partition coefficient (Wildman–Crippen LogP) is 2.71. The van der Waals surface area contributed by atoms with Crippen LogP contribution in [-0.4, -0.2) is 36.6 Å². The van der Waals surface area contributed by atoms with E-state index in [0.717, 1.165) is 6.07 Å². The van der Waals surface area contributed by atoms with Crippen molar-refractivity contribution >= 4 is 21.2 Å². The van der Waals surface area contributed by atoms with Gasteiger partial charge < -0.3 is 10.4 Å². The molecule has 0 heterocycles. The van der Waals surface area contributed by atoms with Crippen molar-refractivity contribution in [1.82, 2.24) is 0 Å². The Hall–Kier alpha value is -1.88. The Bertz CT molecular complexity index is 704. The number of anilines is 1. The number of hydrogen-bond acceptors (Lipinski definition) is 6. The van der Waals surface area contributed by atoms with Gasteiger partial charge in [-0.15, -0.1) is 0 Å². The minimum absolute atomic E-state index is 0.151. The van der Waals surface area contributed by atoms with Gasteiger partial charge in [0.1, 0.15) is 5.69 Å². The second-order valence-electron chi connectivity index (χ2n) is 5.54. The fraction of sp³-hybridized carbons (Fsp3) is 0.538. The molecule has 1 atom stereocenters. The van der Waals surface area contributed by atoms with Gasteiger partial charge in [0.2, 0.25) is 0 Å². The summed E-state index contributed by atoms with van der Waals surface area (Å²) in [5.41, 5.74) is -6.54. The zero-order valence-corrected chi connectivity index (χ0v) is 13.7. The standard InChI is InChI=1S/C13H17F3N2O5S/c1-8(2)5-9(7-19)17-11-4-3-10(6-12(11)18(20)21)24(22,23)13(14,15)16/h3-4,6,8-9,17,19H,5,7H2,1-2H3. The number of hydrogen-bond donors (Lipinski definition) is 2. The molecule has 0 radical (unpaired) electrons. The van der Waals surface area contributed by atoms with Gasteiger partial charge in [0.25, 0.3) is 15.5 Å². The van der Waals surface area contributed by atoms with Crippen LogP contribution in [-0.2, 0) is 9.84 Å². The molecule has 0 bridgehead atoms. The number of nitro benzene ring substituents is 1. The first-order valence-electron chi connectivity index (χ1n) is 6.87. The van der Waals surface area contributed by atoms with Gasteiger partial charge >= 0.3 is 5.51 Å². The van der Waals surface area contributed by atoms with Crippen LogP contribution >= 0.6 is 0 Å². The van der Waals surface area contributed by atoms with Crippen LogP contribution < -0.4 is 5.32 Å². The van der Waals surface area contributed by atoms with E-state index in [4.69, 9.17) is 0 Å². The highest BCUT2D eigenvalue weighted by molar-refractivity contribution is 7.92. The van der Waals surface area contributed by atoms with Crippen molar-refractivity contribution < 1.29 is 31.6 Å². The third-order valence-corrected chi connectivity index (χ3v) is 4.60. The van der Waals surface area contributed by atoms with Crippen LogP contribution in [0.5, 0.6) is 0 Å². The summed E-state index contributed by atoms with van der Waals surface area (Å²) in [4.78, 5) is 8.87. The molecule has 0 fully saturated rings. The van der Waals surface area contributed by atoms with E-state index in [2.05, 4.69) is 5.32 Å². The van der Waals surface area contributed by atoms with Crippen LogP contribution in [0.3, 0.4) is 0 Å². The number of rotatable bonds is 7. The molecule has 1 aromatic carbocycles. The van der Waals surface area contributed by atoms with E-state index in [9.17, 15) is 36.8 Å². The highest BCUT2D eigenvalue weighted by Gasteiger charge is 2.47. The van der Waals surface area contributed by atoms with Gasteiger partial charge in [0, 0.05) is 12.1 Å². The van der Waals surface area contributed by atoms with Crippen molar-refractivity contribution in [3.8, 4) is 0 Å². The molecule has 1 aromatic rings. The monoisotopic (exact) mass is 370 g/mol. The van der Waals surface area contributed by atoms with Crippen molar-refractivity contribution in [2.24, 2.45) is 5.92 Å². The lowest BCUT2D eigenvalue weighted by Gasteiger charge is -2.19. The summed E-state index contributed by atoms with van der Waals surface area (Å²) in [7, 11) is -5.68. The second kappa shape index (κ2) is 7.34.